The van der Waals surface area contributed by atoms with Crippen LogP contribution in [0.2, 0.25) is 0 Å². The molecule has 144 valence electrons. The van der Waals surface area contributed by atoms with E-state index < -0.39 is 17.7 Å². The molecule has 0 saturated heterocycles. The van der Waals surface area contributed by atoms with Gasteiger partial charge in [-0.3, -0.25) is 4.79 Å². The van der Waals surface area contributed by atoms with Crippen LogP contribution in [0.15, 0.2) is 18.2 Å². The molecule has 2 rings (SSSR count). The zero-order valence-corrected chi connectivity index (χ0v) is 16.0. The Kier molecular flexibility index (Phi) is 6.34. The highest BCUT2D eigenvalue weighted by molar-refractivity contribution is 5.86. The van der Waals surface area contributed by atoms with Gasteiger partial charge in [0, 0.05) is 6.54 Å². The van der Waals surface area contributed by atoms with Gasteiger partial charge in [-0.05, 0) is 44.4 Å². The van der Waals surface area contributed by atoms with Crippen molar-refractivity contribution < 1.29 is 23.8 Å². The molecule has 1 aromatic carbocycles. The second-order valence-electron chi connectivity index (χ2n) is 7.41. The molecular formula is C19H28N2O5. The van der Waals surface area contributed by atoms with Gasteiger partial charge in [-0.15, -0.1) is 0 Å². The van der Waals surface area contributed by atoms with Gasteiger partial charge in [0.2, 0.25) is 12.7 Å². The number of hydrogen-bond donors (Lipinski definition) is 2. The third-order valence-corrected chi connectivity index (χ3v) is 4.07. The van der Waals surface area contributed by atoms with E-state index in [-0.39, 0.29) is 18.6 Å². The van der Waals surface area contributed by atoms with E-state index in [4.69, 9.17) is 14.2 Å². The number of fused-ring (bicyclic) bond motifs is 1. The Labute approximate surface area is 154 Å². The third-order valence-electron chi connectivity index (χ3n) is 4.07. The van der Waals surface area contributed by atoms with Crippen molar-refractivity contribution >= 4 is 12.0 Å². The Morgan fingerprint density at radius 1 is 1.23 bits per heavy atom. The van der Waals surface area contributed by atoms with Crippen LogP contribution in [-0.4, -0.2) is 30.4 Å². The molecule has 0 fully saturated rings. The van der Waals surface area contributed by atoms with Crippen molar-refractivity contribution in [3.8, 4) is 11.5 Å². The Hall–Kier alpha value is -2.44. The molecule has 1 aliphatic heterocycles. The lowest BCUT2D eigenvalue weighted by Gasteiger charge is -2.26. The van der Waals surface area contributed by atoms with Gasteiger partial charge in [0.05, 0.1) is 0 Å². The molecule has 0 saturated carbocycles. The Balaban J connectivity index is 1.96. The molecule has 0 aliphatic carbocycles. The van der Waals surface area contributed by atoms with Crippen molar-refractivity contribution in [3.63, 3.8) is 0 Å². The van der Waals surface area contributed by atoms with E-state index in [1.165, 1.54) is 0 Å². The van der Waals surface area contributed by atoms with Crippen molar-refractivity contribution in [2.75, 3.05) is 6.79 Å². The smallest absolute Gasteiger partial charge is 0.408 e. The fraction of sp³-hybridized carbons (Fsp3) is 0.579. The zero-order valence-electron chi connectivity index (χ0n) is 16.0. The first-order valence-corrected chi connectivity index (χ1v) is 8.85. The SMILES string of the molecule is CCC(C)C(NC(=O)OC(C)(C)C)C(=O)NCc1ccc2c(c1)OCO2. The van der Waals surface area contributed by atoms with Gasteiger partial charge in [-0.1, -0.05) is 26.3 Å². The molecule has 2 atom stereocenters. The van der Waals surface area contributed by atoms with Crippen LogP contribution in [0, 0.1) is 5.92 Å². The largest absolute Gasteiger partial charge is 0.454 e. The van der Waals surface area contributed by atoms with Crippen LogP contribution in [0.4, 0.5) is 4.79 Å². The van der Waals surface area contributed by atoms with Crippen LogP contribution < -0.4 is 20.1 Å². The molecule has 0 radical (unpaired) electrons. The molecule has 7 heteroatoms. The fourth-order valence-electron chi connectivity index (χ4n) is 2.49. The predicted molar refractivity (Wildman–Crippen MR) is 97.0 cm³/mol. The maximum Gasteiger partial charge on any atom is 0.408 e. The molecule has 0 spiro atoms. The average molecular weight is 364 g/mol. The molecule has 26 heavy (non-hydrogen) atoms. The standard InChI is InChI=1S/C19H28N2O5/c1-6-12(2)16(21-18(23)26-19(3,4)5)17(22)20-10-13-7-8-14-15(9-13)25-11-24-14/h7-9,12,16H,6,10-11H2,1-5H3,(H,20,22)(H,21,23). The molecule has 0 aromatic heterocycles. The summed E-state index contributed by atoms with van der Waals surface area (Å²) in [7, 11) is 0. The Morgan fingerprint density at radius 3 is 2.58 bits per heavy atom. The molecule has 1 heterocycles. The number of hydrogen-bond acceptors (Lipinski definition) is 5. The van der Waals surface area contributed by atoms with Crippen LogP contribution in [0.5, 0.6) is 11.5 Å². The van der Waals surface area contributed by atoms with Crippen LogP contribution >= 0.6 is 0 Å². The van der Waals surface area contributed by atoms with E-state index in [1.807, 2.05) is 32.0 Å². The molecule has 1 aromatic rings. The summed E-state index contributed by atoms with van der Waals surface area (Å²) >= 11 is 0. The number of nitrogens with one attached hydrogen (secondary N) is 2. The van der Waals surface area contributed by atoms with Gasteiger partial charge in [0.25, 0.3) is 0 Å². The number of carbonyl (C=O) groups is 2. The summed E-state index contributed by atoms with van der Waals surface area (Å²) in [6, 6.07) is 4.86. The summed E-state index contributed by atoms with van der Waals surface area (Å²) in [6.45, 7) is 9.78. The zero-order chi connectivity index (χ0) is 19.3. The van der Waals surface area contributed by atoms with Crippen molar-refractivity contribution in [1.29, 1.82) is 0 Å². The number of benzene rings is 1. The van der Waals surface area contributed by atoms with Gasteiger partial charge in [-0.2, -0.15) is 0 Å². The third kappa shape index (κ3) is 5.54. The minimum atomic E-state index is -0.663. The average Bonchev–Trinajstić information content (AvgIpc) is 3.03. The monoisotopic (exact) mass is 364 g/mol. The summed E-state index contributed by atoms with van der Waals surface area (Å²) in [5, 5.41) is 5.55. The van der Waals surface area contributed by atoms with Crippen LogP contribution in [0.25, 0.3) is 0 Å². The second kappa shape index (κ2) is 8.29. The predicted octanol–water partition coefficient (Wildman–Crippen LogP) is 2.97. The summed E-state index contributed by atoms with van der Waals surface area (Å²) in [5.41, 5.74) is 0.273. The topological polar surface area (TPSA) is 85.9 Å². The minimum absolute atomic E-state index is 0.0285. The first-order chi connectivity index (χ1) is 12.2. The molecule has 0 bridgehead atoms. The van der Waals surface area contributed by atoms with Crippen LogP contribution in [0.1, 0.15) is 46.6 Å². The summed E-state index contributed by atoms with van der Waals surface area (Å²) in [4.78, 5) is 24.7. The van der Waals surface area contributed by atoms with E-state index >= 15 is 0 Å². The Bertz CT molecular complexity index is 654. The van der Waals surface area contributed by atoms with Gasteiger partial charge in [0.15, 0.2) is 11.5 Å². The second-order valence-corrected chi connectivity index (χ2v) is 7.41. The quantitative estimate of drug-likeness (QED) is 0.810. The van der Waals surface area contributed by atoms with E-state index in [0.29, 0.717) is 18.0 Å². The number of carbonyl (C=O) groups excluding carboxylic acids is 2. The van der Waals surface area contributed by atoms with E-state index in [0.717, 1.165) is 12.0 Å². The number of alkyl carbamates (subject to hydrolysis) is 1. The summed E-state index contributed by atoms with van der Waals surface area (Å²) in [6.07, 6.45) is 0.152. The van der Waals surface area contributed by atoms with E-state index in [9.17, 15) is 9.59 Å². The molecule has 2 amide bonds. The van der Waals surface area contributed by atoms with E-state index in [1.54, 1.807) is 20.8 Å². The van der Waals surface area contributed by atoms with Crippen molar-refractivity contribution in [3.05, 3.63) is 23.8 Å². The minimum Gasteiger partial charge on any atom is -0.454 e. The van der Waals surface area contributed by atoms with Gasteiger partial charge in [-0.25, -0.2) is 4.79 Å². The summed E-state index contributed by atoms with van der Waals surface area (Å²) in [5.74, 6) is 1.09. The first kappa shape index (κ1) is 19.9. The normalized spacial score (nSPS) is 15.1. The van der Waals surface area contributed by atoms with Crippen LogP contribution in [-0.2, 0) is 16.1 Å². The number of ether oxygens (including phenoxy) is 3. The lowest BCUT2D eigenvalue weighted by molar-refractivity contribution is -0.124. The van der Waals surface area contributed by atoms with Gasteiger partial charge in [0.1, 0.15) is 11.6 Å². The van der Waals surface area contributed by atoms with Crippen LogP contribution in [0.3, 0.4) is 0 Å². The van der Waals surface area contributed by atoms with E-state index in [2.05, 4.69) is 10.6 Å². The molecular weight excluding hydrogens is 336 g/mol. The number of amides is 2. The van der Waals surface area contributed by atoms with Crippen molar-refractivity contribution in [1.82, 2.24) is 10.6 Å². The van der Waals surface area contributed by atoms with Gasteiger partial charge >= 0.3 is 6.09 Å². The lowest BCUT2D eigenvalue weighted by Crippen LogP contribution is -2.51. The fourth-order valence-corrected chi connectivity index (χ4v) is 2.49. The molecule has 1 aliphatic rings. The number of rotatable bonds is 6. The van der Waals surface area contributed by atoms with Crippen molar-refractivity contribution in [2.24, 2.45) is 5.92 Å². The lowest BCUT2D eigenvalue weighted by atomic mass is 9.98. The van der Waals surface area contributed by atoms with Crippen molar-refractivity contribution in [2.45, 2.75) is 59.2 Å². The highest BCUT2D eigenvalue weighted by Gasteiger charge is 2.28. The first-order valence-electron chi connectivity index (χ1n) is 8.85. The Morgan fingerprint density at radius 2 is 1.92 bits per heavy atom. The summed E-state index contributed by atoms with van der Waals surface area (Å²) < 4.78 is 15.9. The maximum absolute atomic E-state index is 12.6. The molecule has 7 nitrogen and oxygen atoms in total. The highest BCUT2D eigenvalue weighted by Crippen LogP contribution is 2.32. The highest BCUT2D eigenvalue weighted by atomic mass is 16.7. The molecule has 2 unspecified atom stereocenters. The molecule has 2 N–H and O–H groups in total. The maximum atomic E-state index is 12.6. The van der Waals surface area contributed by atoms with Gasteiger partial charge < -0.3 is 24.8 Å².